The molecule has 1 atom stereocenters. The smallest absolute Gasteiger partial charge is 0.406 e. The van der Waals surface area contributed by atoms with Crippen LogP contribution in [0.1, 0.15) is 43.6 Å². The number of para-hydroxylation sites is 2. The summed E-state index contributed by atoms with van der Waals surface area (Å²) in [6.07, 6.45) is 3.65. The Morgan fingerprint density at radius 1 is 1.33 bits per heavy atom. The van der Waals surface area contributed by atoms with Crippen LogP contribution in [0.15, 0.2) is 30.3 Å². The molecular weight excluding hydrogens is 344 g/mol. The molecule has 0 bridgehead atoms. The van der Waals surface area contributed by atoms with Crippen LogP contribution in [-0.2, 0) is 11.2 Å². The lowest BCUT2D eigenvalue weighted by molar-refractivity contribution is 0.171. The standard InChI is InChI=1S/C20H28N4O3/c1-14(22-15-10-11-15)17-13-16(7-6-12-21-20(25)27-3)24(23-17)18-8-4-5-9-19(18)26-2/h4-5,8-9,13-15,22H,6-7,10-12H2,1-3H3,(H,21,25)/t14-/m1/s1. The van der Waals surface area contributed by atoms with Gasteiger partial charge in [-0.15, -0.1) is 0 Å². The number of nitrogens with one attached hydrogen (secondary N) is 2. The average Bonchev–Trinajstić information content (AvgIpc) is 3.40. The number of nitrogens with zero attached hydrogens (tertiary/aromatic N) is 2. The summed E-state index contributed by atoms with van der Waals surface area (Å²) in [6.45, 7) is 2.70. The highest BCUT2D eigenvalue weighted by atomic mass is 16.5. The summed E-state index contributed by atoms with van der Waals surface area (Å²) in [7, 11) is 3.03. The number of rotatable bonds is 9. The number of aryl methyl sites for hydroxylation is 1. The van der Waals surface area contributed by atoms with Crippen molar-refractivity contribution in [2.45, 2.75) is 44.7 Å². The number of benzene rings is 1. The summed E-state index contributed by atoms with van der Waals surface area (Å²) in [5.41, 5.74) is 3.02. The van der Waals surface area contributed by atoms with Gasteiger partial charge in [0.2, 0.25) is 0 Å². The normalized spacial score (nSPS) is 14.6. The van der Waals surface area contributed by atoms with E-state index in [1.807, 2.05) is 28.9 Å². The van der Waals surface area contributed by atoms with Crippen LogP contribution in [0.3, 0.4) is 0 Å². The first-order valence-corrected chi connectivity index (χ1v) is 9.42. The Morgan fingerprint density at radius 3 is 2.81 bits per heavy atom. The molecule has 27 heavy (non-hydrogen) atoms. The summed E-state index contributed by atoms with van der Waals surface area (Å²) in [5, 5.41) is 11.2. The highest BCUT2D eigenvalue weighted by molar-refractivity contribution is 5.66. The maximum absolute atomic E-state index is 11.2. The Kier molecular flexibility index (Phi) is 6.34. The molecule has 1 heterocycles. The summed E-state index contributed by atoms with van der Waals surface area (Å²) in [4.78, 5) is 11.2. The SMILES string of the molecule is COC(=O)NCCCc1cc([C@@H](C)NC2CC2)nn1-c1ccccc1OC. The second-order valence-corrected chi connectivity index (χ2v) is 6.83. The van der Waals surface area contributed by atoms with E-state index < -0.39 is 6.09 Å². The number of amides is 1. The lowest BCUT2D eigenvalue weighted by Gasteiger charge is -2.12. The van der Waals surface area contributed by atoms with Crippen LogP contribution < -0.4 is 15.4 Å². The van der Waals surface area contributed by atoms with E-state index in [2.05, 4.69) is 28.4 Å². The number of carbonyl (C=O) groups is 1. The zero-order valence-electron chi connectivity index (χ0n) is 16.2. The molecule has 0 spiro atoms. The predicted molar refractivity (Wildman–Crippen MR) is 103 cm³/mol. The Labute approximate surface area is 160 Å². The summed E-state index contributed by atoms with van der Waals surface area (Å²) in [5.74, 6) is 0.781. The van der Waals surface area contributed by atoms with Crippen molar-refractivity contribution in [2.24, 2.45) is 0 Å². The minimum atomic E-state index is -0.406. The van der Waals surface area contributed by atoms with Crippen molar-refractivity contribution >= 4 is 6.09 Å². The second kappa shape index (κ2) is 8.90. The van der Waals surface area contributed by atoms with Gasteiger partial charge in [-0.2, -0.15) is 5.10 Å². The minimum Gasteiger partial charge on any atom is -0.494 e. The van der Waals surface area contributed by atoms with Gasteiger partial charge in [0.15, 0.2) is 0 Å². The van der Waals surface area contributed by atoms with Gasteiger partial charge in [0.05, 0.1) is 19.9 Å². The molecule has 146 valence electrons. The molecule has 1 aliphatic rings. The summed E-state index contributed by atoms with van der Waals surface area (Å²) >= 11 is 0. The van der Waals surface area contributed by atoms with Crippen LogP contribution >= 0.6 is 0 Å². The van der Waals surface area contributed by atoms with Crippen molar-refractivity contribution in [3.63, 3.8) is 0 Å². The van der Waals surface area contributed by atoms with E-state index in [0.717, 1.165) is 35.7 Å². The third-order valence-corrected chi connectivity index (χ3v) is 4.69. The molecule has 2 N–H and O–H groups in total. The zero-order chi connectivity index (χ0) is 19.2. The number of methoxy groups -OCH3 is 2. The van der Waals surface area contributed by atoms with Crippen LogP contribution in [0.5, 0.6) is 5.75 Å². The average molecular weight is 372 g/mol. The largest absolute Gasteiger partial charge is 0.494 e. The molecule has 1 aliphatic carbocycles. The first-order chi connectivity index (χ1) is 13.1. The zero-order valence-corrected chi connectivity index (χ0v) is 16.2. The maximum Gasteiger partial charge on any atom is 0.406 e. The van der Waals surface area contributed by atoms with E-state index in [-0.39, 0.29) is 6.04 Å². The van der Waals surface area contributed by atoms with Gasteiger partial charge < -0.3 is 20.1 Å². The third-order valence-electron chi connectivity index (χ3n) is 4.69. The van der Waals surface area contributed by atoms with Crippen molar-refractivity contribution in [1.29, 1.82) is 0 Å². The molecule has 1 aromatic carbocycles. The molecule has 0 aliphatic heterocycles. The molecule has 7 heteroatoms. The molecule has 1 saturated carbocycles. The van der Waals surface area contributed by atoms with Crippen molar-refractivity contribution in [2.75, 3.05) is 20.8 Å². The van der Waals surface area contributed by atoms with Gasteiger partial charge in [0.25, 0.3) is 0 Å². The lowest BCUT2D eigenvalue weighted by Crippen LogP contribution is -2.24. The molecule has 0 saturated heterocycles. The van der Waals surface area contributed by atoms with Gasteiger partial charge in [-0.1, -0.05) is 12.1 Å². The van der Waals surface area contributed by atoms with E-state index in [9.17, 15) is 4.79 Å². The molecular formula is C20H28N4O3. The molecule has 0 radical (unpaired) electrons. The fraction of sp³-hybridized carbons (Fsp3) is 0.500. The van der Waals surface area contributed by atoms with Gasteiger partial charge in [-0.3, -0.25) is 0 Å². The summed E-state index contributed by atoms with van der Waals surface area (Å²) in [6, 6.07) is 10.8. The van der Waals surface area contributed by atoms with Crippen molar-refractivity contribution < 1.29 is 14.3 Å². The van der Waals surface area contributed by atoms with Crippen LogP contribution in [0.4, 0.5) is 4.79 Å². The first-order valence-electron chi connectivity index (χ1n) is 9.42. The molecule has 3 rings (SSSR count). The number of ether oxygens (including phenoxy) is 2. The van der Waals surface area contributed by atoms with E-state index in [0.29, 0.717) is 12.6 Å². The second-order valence-electron chi connectivity index (χ2n) is 6.83. The molecule has 1 aromatic heterocycles. The van der Waals surface area contributed by atoms with Crippen LogP contribution in [-0.4, -0.2) is 42.7 Å². The quantitative estimate of drug-likeness (QED) is 0.662. The first kappa shape index (κ1) is 19.2. The lowest BCUT2D eigenvalue weighted by atomic mass is 10.1. The monoisotopic (exact) mass is 372 g/mol. The number of alkyl carbamates (subject to hydrolysis) is 1. The Hall–Kier alpha value is -2.54. The fourth-order valence-corrected chi connectivity index (χ4v) is 3.06. The van der Waals surface area contributed by atoms with E-state index in [1.165, 1.54) is 20.0 Å². The fourth-order valence-electron chi connectivity index (χ4n) is 3.06. The highest BCUT2D eigenvalue weighted by Gasteiger charge is 2.25. The van der Waals surface area contributed by atoms with Crippen LogP contribution in [0, 0.1) is 0 Å². The van der Waals surface area contributed by atoms with E-state index in [4.69, 9.17) is 9.84 Å². The summed E-state index contributed by atoms with van der Waals surface area (Å²) < 4.78 is 12.1. The Balaban J connectivity index is 1.80. The third kappa shape index (κ3) is 5.01. The topological polar surface area (TPSA) is 77.4 Å². The van der Waals surface area contributed by atoms with Gasteiger partial charge >= 0.3 is 6.09 Å². The molecule has 2 aromatic rings. The van der Waals surface area contributed by atoms with Crippen molar-refractivity contribution in [3.05, 3.63) is 41.7 Å². The van der Waals surface area contributed by atoms with Gasteiger partial charge in [-0.05, 0) is 50.8 Å². The van der Waals surface area contributed by atoms with E-state index >= 15 is 0 Å². The van der Waals surface area contributed by atoms with Gasteiger partial charge in [0.1, 0.15) is 11.4 Å². The molecule has 1 fully saturated rings. The predicted octanol–water partition coefficient (Wildman–Crippen LogP) is 2.98. The molecule has 1 amide bonds. The van der Waals surface area contributed by atoms with Crippen LogP contribution in [0.2, 0.25) is 0 Å². The Morgan fingerprint density at radius 2 is 2.11 bits per heavy atom. The number of hydrogen-bond donors (Lipinski definition) is 2. The number of aromatic nitrogens is 2. The van der Waals surface area contributed by atoms with Gasteiger partial charge in [0, 0.05) is 24.3 Å². The van der Waals surface area contributed by atoms with Crippen LogP contribution in [0.25, 0.3) is 5.69 Å². The minimum absolute atomic E-state index is 0.195. The number of hydrogen-bond acceptors (Lipinski definition) is 5. The Bertz CT molecular complexity index is 770. The number of carbonyl (C=O) groups excluding carboxylic acids is 1. The molecule has 7 nitrogen and oxygen atoms in total. The van der Waals surface area contributed by atoms with Crippen molar-refractivity contribution in [3.8, 4) is 11.4 Å². The van der Waals surface area contributed by atoms with Crippen molar-refractivity contribution in [1.82, 2.24) is 20.4 Å². The van der Waals surface area contributed by atoms with Gasteiger partial charge in [-0.25, -0.2) is 9.48 Å². The maximum atomic E-state index is 11.2. The highest BCUT2D eigenvalue weighted by Crippen LogP contribution is 2.27. The van der Waals surface area contributed by atoms with E-state index in [1.54, 1.807) is 7.11 Å². The molecule has 0 unspecified atom stereocenters.